The topological polar surface area (TPSA) is 69.6 Å². The van der Waals surface area contributed by atoms with Gasteiger partial charge in [-0.25, -0.2) is 0 Å². The molecule has 5 heteroatoms. The number of aliphatic hydroxyl groups is 1. The van der Waals surface area contributed by atoms with Crippen LogP contribution in [-0.4, -0.2) is 46.6 Å². The maximum absolute atomic E-state index is 12.6. The average Bonchev–Trinajstić information content (AvgIpc) is 2.74. The van der Waals surface area contributed by atoms with Crippen LogP contribution >= 0.6 is 0 Å². The Balaban J connectivity index is 1.94. The summed E-state index contributed by atoms with van der Waals surface area (Å²) in [6.07, 6.45) is 7.24. The quantitative estimate of drug-likeness (QED) is 0.761. The standard InChI is InChI=1S/C17H30N2O3/c1-13(2)15(19-11-7-8-14(19)20)16(21)18-12-17(22)9-5-3-4-6-10-17/h13,15,22H,3-12H2,1-2H3,(H,18,21). The van der Waals surface area contributed by atoms with Crippen LogP contribution in [0.4, 0.5) is 0 Å². The second-order valence-corrected chi connectivity index (χ2v) is 7.24. The van der Waals surface area contributed by atoms with Gasteiger partial charge in [-0.3, -0.25) is 9.59 Å². The maximum Gasteiger partial charge on any atom is 0.243 e. The van der Waals surface area contributed by atoms with Crippen LogP contribution < -0.4 is 5.32 Å². The van der Waals surface area contributed by atoms with Crippen molar-refractivity contribution in [3.05, 3.63) is 0 Å². The lowest BCUT2D eigenvalue weighted by Gasteiger charge is -2.32. The molecule has 22 heavy (non-hydrogen) atoms. The molecule has 2 N–H and O–H groups in total. The lowest BCUT2D eigenvalue weighted by atomic mass is 9.94. The van der Waals surface area contributed by atoms with Crippen LogP contribution in [-0.2, 0) is 9.59 Å². The van der Waals surface area contributed by atoms with Crippen molar-refractivity contribution in [1.82, 2.24) is 10.2 Å². The third kappa shape index (κ3) is 4.22. The fraction of sp³-hybridized carbons (Fsp3) is 0.882. The maximum atomic E-state index is 12.6. The molecule has 1 atom stereocenters. The van der Waals surface area contributed by atoms with Crippen LogP contribution in [0.5, 0.6) is 0 Å². The van der Waals surface area contributed by atoms with Crippen molar-refractivity contribution in [1.29, 1.82) is 0 Å². The summed E-state index contributed by atoms with van der Waals surface area (Å²) in [6, 6.07) is -0.413. The van der Waals surface area contributed by atoms with Gasteiger partial charge in [0.05, 0.1) is 5.60 Å². The van der Waals surface area contributed by atoms with E-state index in [9.17, 15) is 14.7 Å². The van der Waals surface area contributed by atoms with E-state index in [0.29, 0.717) is 19.5 Å². The molecule has 1 saturated carbocycles. The SMILES string of the molecule is CC(C)C(C(=O)NCC1(O)CCCCCC1)N1CCCC1=O. The second-order valence-electron chi connectivity index (χ2n) is 7.24. The zero-order valence-electron chi connectivity index (χ0n) is 13.9. The summed E-state index contributed by atoms with van der Waals surface area (Å²) in [5.41, 5.74) is -0.775. The molecule has 2 aliphatic rings. The number of carbonyl (C=O) groups is 2. The molecule has 0 aromatic heterocycles. The number of hydrogen-bond donors (Lipinski definition) is 2. The summed E-state index contributed by atoms with van der Waals surface area (Å²) in [4.78, 5) is 26.2. The van der Waals surface area contributed by atoms with Gasteiger partial charge in [-0.2, -0.15) is 0 Å². The van der Waals surface area contributed by atoms with E-state index in [4.69, 9.17) is 0 Å². The van der Waals surface area contributed by atoms with E-state index >= 15 is 0 Å². The Hall–Kier alpha value is -1.10. The van der Waals surface area contributed by atoms with Gasteiger partial charge in [0.2, 0.25) is 11.8 Å². The van der Waals surface area contributed by atoms with Gasteiger partial charge < -0.3 is 15.3 Å². The Kier molecular flexibility index (Phi) is 5.84. The van der Waals surface area contributed by atoms with E-state index < -0.39 is 11.6 Å². The van der Waals surface area contributed by atoms with E-state index in [1.54, 1.807) is 4.90 Å². The van der Waals surface area contributed by atoms with Gasteiger partial charge in [0.25, 0.3) is 0 Å². The van der Waals surface area contributed by atoms with E-state index in [0.717, 1.165) is 44.9 Å². The van der Waals surface area contributed by atoms with Crippen molar-refractivity contribution in [3.8, 4) is 0 Å². The van der Waals surface area contributed by atoms with E-state index in [2.05, 4.69) is 5.32 Å². The second kappa shape index (κ2) is 7.44. The van der Waals surface area contributed by atoms with Crippen molar-refractivity contribution in [2.45, 2.75) is 76.9 Å². The molecule has 1 saturated heterocycles. The molecule has 2 amide bonds. The van der Waals surface area contributed by atoms with E-state index in [1.165, 1.54) is 0 Å². The van der Waals surface area contributed by atoms with Gasteiger partial charge in [-0.15, -0.1) is 0 Å². The summed E-state index contributed by atoms with van der Waals surface area (Å²) < 4.78 is 0. The predicted molar refractivity (Wildman–Crippen MR) is 85.2 cm³/mol. The van der Waals surface area contributed by atoms with Crippen LogP contribution in [0.25, 0.3) is 0 Å². The van der Waals surface area contributed by atoms with Crippen LogP contribution in [0.2, 0.25) is 0 Å². The Morgan fingerprint density at radius 3 is 2.36 bits per heavy atom. The minimum Gasteiger partial charge on any atom is -0.388 e. The van der Waals surface area contributed by atoms with Gasteiger partial charge >= 0.3 is 0 Å². The first kappa shape index (κ1) is 17.3. The fourth-order valence-corrected chi connectivity index (χ4v) is 3.69. The first-order valence-electron chi connectivity index (χ1n) is 8.72. The largest absolute Gasteiger partial charge is 0.388 e. The summed E-state index contributed by atoms with van der Waals surface area (Å²) in [5.74, 6) is 0.0239. The molecule has 1 aliphatic carbocycles. The summed E-state index contributed by atoms with van der Waals surface area (Å²) in [5, 5.41) is 13.6. The molecule has 2 rings (SSSR count). The normalized spacial score (nSPS) is 23.5. The zero-order chi connectivity index (χ0) is 16.2. The molecule has 0 bridgehead atoms. The first-order chi connectivity index (χ1) is 10.4. The molecule has 5 nitrogen and oxygen atoms in total. The number of nitrogens with one attached hydrogen (secondary N) is 1. The van der Waals surface area contributed by atoms with Crippen LogP contribution in [0.15, 0.2) is 0 Å². The third-order valence-electron chi connectivity index (χ3n) is 4.97. The van der Waals surface area contributed by atoms with Crippen molar-refractivity contribution >= 4 is 11.8 Å². The molecule has 0 aromatic rings. The van der Waals surface area contributed by atoms with Crippen molar-refractivity contribution in [2.24, 2.45) is 5.92 Å². The number of nitrogens with zero attached hydrogens (tertiary/aromatic N) is 1. The highest BCUT2D eigenvalue weighted by Crippen LogP contribution is 2.26. The first-order valence-corrected chi connectivity index (χ1v) is 8.72. The summed E-state index contributed by atoms with van der Waals surface area (Å²) in [6.45, 7) is 4.91. The molecule has 0 spiro atoms. The van der Waals surface area contributed by atoms with Crippen molar-refractivity contribution in [2.75, 3.05) is 13.1 Å². The minimum atomic E-state index is -0.775. The smallest absolute Gasteiger partial charge is 0.243 e. The predicted octanol–water partition coefficient (Wildman–Crippen LogP) is 1.83. The zero-order valence-corrected chi connectivity index (χ0v) is 13.9. The van der Waals surface area contributed by atoms with Crippen LogP contribution in [0, 0.1) is 5.92 Å². The van der Waals surface area contributed by atoms with Crippen molar-refractivity contribution < 1.29 is 14.7 Å². The minimum absolute atomic E-state index is 0.0713. The molecule has 0 radical (unpaired) electrons. The van der Waals surface area contributed by atoms with Gasteiger partial charge in [-0.1, -0.05) is 39.5 Å². The number of hydrogen-bond acceptors (Lipinski definition) is 3. The highest BCUT2D eigenvalue weighted by Gasteiger charge is 2.36. The number of amides is 2. The van der Waals surface area contributed by atoms with Gasteiger partial charge in [0, 0.05) is 19.5 Å². The van der Waals surface area contributed by atoms with E-state index in [-0.39, 0.29) is 17.7 Å². The summed E-state index contributed by atoms with van der Waals surface area (Å²) >= 11 is 0. The monoisotopic (exact) mass is 310 g/mol. The summed E-state index contributed by atoms with van der Waals surface area (Å²) in [7, 11) is 0. The molecule has 0 aromatic carbocycles. The average molecular weight is 310 g/mol. The number of carbonyl (C=O) groups excluding carboxylic acids is 2. The van der Waals surface area contributed by atoms with Gasteiger partial charge in [0.15, 0.2) is 0 Å². The highest BCUT2D eigenvalue weighted by atomic mass is 16.3. The molecule has 1 aliphatic heterocycles. The Morgan fingerprint density at radius 2 is 1.86 bits per heavy atom. The fourth-order valence-electron chi connectivity index (χ4n) is 3.69. The third-order valence-corrected chi connectivity index (χ3v) is 4.97. The van der Waals surface area contributed by atoms with Crippen LogP contribution in [0.3, 0.4) is 0 Å². The molecule has 1 unspecified atom stereocenters. The molecule has 1 heterocycles. The Bertz CT molecular complexity index is 401. The molecular formula is C17H30N2O3. The highest BCUT2D eigenvalue weighted by molar-refractivity contribution is 5.88. The van der Waals surface area contributed by atoms with Crippen molar-refractivity contribution in [3.63, 3.8) is 0 Å². The lowest BCUT2D eigenvalue weighted by Crippen LogP contribution is -2.53. The van der Waals surface area contributed by atoms with E-state index in [1.807, 2.05) is 13.8 Å². The van der Waals surface area contributed by atoms with Gasteiger partial charge in [-0.05, 0) is 25.2 Å². The molecule has 2 fully saturated rings. The van der Waals surface area contributed by atoms with Crippen LogP contribution in [0.1, 0.15) is 65.2 Å². The lowest BCUT2D eigenvalue weighted by molar-refractivity contribution is -0.139. The number of likely N-dealkylation sites (tertiary alicyclic amines) is 1. The Labute approximate surface area is 133 Å². The molecule has 126 valence electrons. The number of rotatable bonds is 5. The molecular weight excluding hydrogens is 280 g/mol. The van der Waals surface area contributed by atoms with Gasteiger partial charge in [0.1, 0.15) is 6.04 Å². The Morgan fingerprint density at radius 1 is 1.23 bits per heavy atom.